The Hall–Kier alpha value is -2.89. The van der Waals surface area contributed by atoms with Crippen molar-refractivity contribution in [2.24, 2.45) is 0 Å². The van der Waals surface area contributed by atoms with E-state index in [1.807, 2.05) is 0 Å². The van der Waals surface area contributed by atoms with Crippen molar-refractivity contribution in [3.8, 4) is 0 Å². The van der Waals surface area contributed by atoms with Crippen LogP contribution >= 0.6 is 0 Å². The number of carbonyl (C=O) groups excluding carboxylic acids is 1. The molecule has 0 unspecified atom stereocenters. The minimum atomic E-state index is -0.793. The summed E-state index contributed by atoms with van der Waals surface area (Å²) in [5, 5.41) is 10.6. The van der Waals surface area contributed by atoms with Crippen molar-refractivity contribution < 1.29 is 18.5 Å². The van der Waals surface area contributed by atoms with Crippen LogP contribution in [-0.2, 0) is 0 Å². The molecule has 0 aliphatic carbocycles. The van der Waals surface area contributed by atoms with Gasteiger partial charge in [-0.3, -0.25) is 14.9 Å². The summed E-state index contributed by atoms with van der Waals surface area (Å²) in [6.07, 6.45) is 1.98. The second-order valence-electron chi connectivity index (χ2n) is 4.14. The smallest absolute Gasteiger partial charge is 0.270 e. The highest BCUT2D eigenvalue weighted by atomic mass is 19.1. The summed E-state index contributed by atoms with van der Waals surface area (Å²) < 4.78 is 26.8. The van der Waals surface area contributed by atoms with Crippen molar-refractivity contribution >= 4 is 17.5 Å². The molecule has 0 amide bonds. The van der Waals surface area contributed by atoms with Crippen LogP contribution < -0.4 is 0 Å². The predicted octanol–water partition coefficient (Wildman–Crippen LogP) is 3.77. The van der Waals surface area contributed by atoms with Crippen molar-refractivity contribution in [2.75, 3.05) is 0 Å². The van der Waals surface area contributed by atoms with Gasteiger partial charge in [0.2, 0.25) is 0 Å². The average molecular weight is 289 g/mol. The third-order valence-corrected chi connectivity index (χ3v) is 2.74. The summed E-state index contributed by atoms with van der Waals surface area (Å²) in [6, 6.07) is 8.45. The summed E-state index contributed by atoms with van der Waals surface area (Å²) >= 11 is 0. The van der Waals surface area contributed by atoms with Gasteiger partial charge in [-0.25, -0.2) is 8.78 Å². The molecule has 106 valence electrons. The number of non-ortho nitro benzene ring substituents is 1. The molecule has 0 aromatic heterocycles. The van der Waals surface area contributed by atoms with Crippen LogP contribution in [0.3, 0.4) is 0 Å². The molecule has 0 radical (unpaired) electrons. The Morgan fingerprint density at radius 2 is 1.71 bits per heavy atom. The molecule has 0 spiro atoms. The Kier molecular flexibility index (Phi) is 4.18. The summed E-state index contributed by atoms with van der Waals surface area (Å²) in [4.78, 5) is 21.9. The highest BCUT2D eigenvalue weighted by Gasteiger charge is 2.10. The van der Waals surface area contributed by atoms with Gasteiger partial charge >= 0.3 is 0 Å². The van der Waals surface area contributed by atoms with Gasteiger partial charge in [-0.1, -0.05) is 18.2 Å². The Balaban J connectivity index is 2.27. The summed E-state index contributed by atoms with van der Waals surface area (Å²) in [6.45, 7) is 0. The highest BCUT2D eigenvalue weighted by Crippen LogP contribution is 2.16. The van der Waals surface area contributed by atoms with Gasteiger partial charge in [0.15, 0.2) is 5.78 Å². The summed E-state index contributed by atoms with van der Waals surface area (Å²) in [5.41, 5.74) is -0.500. The van der Waals surface area contributed by atoms with Gasteiger partial charge < -0.3 is 0 Å². The minimum Gasteiger partial charge on any atom is -0.289 e. The van der Waals surface area contributed by atoms with Gasteiger partial charge in [0.05, 0.1) is 4.92 Å². The first-order chi connectivity index (χ1) is 9.99. The quantitative estimate of drug-likeness (QED) is 0.372. The van der Waals surface area contributed by atoms with Gasteiger partial charge in [0, 0.05) is 23.3 Å². The maximum absolute atomic E-state index is 13.4. The van der Waals surface area contributed by atoms with Gasteiger partial charge in [0.1, 0.15) is 11.6 Å². The molecule has 6 heteroatoms. The normalized spacial score (nSPS) is 10.8. The zero-order valence-electron chi connectivity index (χ0n) is 10.6. The van der Waals surface area contributed by atoms with Crippen LogP contribution in [0.15, 0.2) is 48.5 Å². The van der Waals surface area contributed by atoms with Gasteiger partial charge in [-0.15, -0.1) is 0 Å². The fourth-order valence-corrected chi connectivity index (χ4v) is 1.70. The van der Waals surface area contributed by atoms with E-state index in [0.29, 0.717) is 0 Å². The number of nitrogens with zero attached hydrogens (tertiary/aromatic N) is 1. The maximum atomic E-state index is 13.4. The highest BCUT2D eigenvalue weighted by molar-refractivity contribution is 6.07. The van der Waals surface area contributed by atoms with Crippen molar-refractivity contribution in [2.45, 2.75) is 0 Å². The SMILES string of the molecule is O=C(/C=C/c1c(F)cccc1F)c1cccc([N+](=O)[O-])c1. The fraction of sp³-hybridized carbons (Fsp3) is 0. The molecule has 21 heavy (non-hydrogen) atoms. The lowest BCUT2D eigenvalue weighted by atomic mass is 10.1. The van der Waals surface area contributed by atoms with Crippen molar-refractivity contribution in [1.29, 1.82) is 0 Å². The van der Waals surface area contributed by atoms with E-state index in [0.717, 1.165) is 30.4 Å². The minimum absolute atomic E-state index is 0.0668. The van der Waals surface area contributed by atoms with Crippen LogP contribution in [0, 0.1) is 21.7 Å². The van der Waals surface area contributed by atoms with Crippen molar-refractivity contribution in [1.82, 2.24) is 0 Å². The number of benzene rings is 2. The van der Waals surface area contributed by atoms with E-state index in [1.54, 1.807) is 0 Å². The molecule has 0 fully saturated rings. The number of ketones is 1. The third-order valence-electron chi connectivity index (χ3n) is 2.74. The molecular weight excluding hydrogens is 280 g/mol. The number of rotatable bonds is 4. The molecule has 4 nitrogen and oxygen atoms in total. The zero-order valence-corrected chi connectivity index (χ0v) is 10.6. The lowest BCUT2D eigenvalue weighted by molar-refractivity contribution is -0.384. The maximum Gasteiger partial charge on any atom is 0.270 e. The molecule has 2 aromatic rings. The topological polar surface area (TPSA) is 60.2 Å². The summed E-state index contributed by atoms with van der Waals surface area (Å²) in [5.74, 6) is -2.17. The van der Waals surface area contributed by atoms with E-state index in [4.69, 9.17) is 0 Å². The first kappa shape index (κ1) is 14.5. The lowest BCUT2D eigenvalue weighted by Gasteiger charge is -1.99. The van der Waals surface area contributed by atoms with E-state index in [1.165, 1.54) is 24.3 Å². The van der Waals surface area contributed by atoms with E-state index < -0.39 is 22.3 Å². The second-order valence-corrected chi connectivity index (χ2v) is 4.14. The van der Waals surface area contributed by atoms with E-state index >= 15 is 0 Å². The molecule has 0 atom stereocenters. The number of nitro benzene ring substituents is 1. The molecule has 2 rings (SSSR count). The van der Waals surface area contributed by atoms with Crippen molar-refractivity contribution in [3.05, 3.63) is 81.4 Å². The average Bonchev–Trinajstić information content (AvgIpc) is 2.46. The Bertz CT molecular complexity index is 721. The van der Waals surface area contributed by atoms with E-state index in [9.17, 15) is 23.7 Å². The monoisotopic (exact) mass is 289 g/mol. The molecule has 2 aromatic carbocycles. The van der Waals surface area contributed by atoms with Crippen LogP contribution in [0.5, 0.6) is 0 Å². The van der Waals surface area contributed by atoms with Gasteiger partial charge in [-0.2, -0.15) is 0 Å². The van der Waals surface area contributed by atoms with Crippen LogP contribution in [0.25, 0.3) is 6.08 Å². The van der Waals surface area contributed by atoms with Crippen LogP contribution in [0.1, 0.15) is 15.9 Å². The van der Waals surface area contributed by atoms with E-state index in [2.05, 4.69) is 0 Å². The number of hydrogen-bond donors (Lipinski definition) is 0. The number of nitro groups is 1. The van der Waals surface area contributed by atoms with Crippen LogP contribution in [-0.4, -0.2) is 10.7 Å². The fourth-order valence-electron chi connectivity index (χ4n) is 1.70. The molecule has 0 aliphatic heterocycles. The standard InChI is InChI=1S/C15H9F2NO3/c16-13-5-2-6-14(17)12(13)7-8-15(19)10-3-1-4-11(9-10)18(20)21/h1-9H/b8-7+. The molecule has 0 saturated heterocycles. The molecule has 0 N–H and O–H groups in total. The van der Waals surface area contributed by atoms with Crippen LogP contribution in [0.4, 0.5) is 14.5 Å². The summed E-state index contributed by atoms with van der Waals surface area (Å²) in [7, 11) is 0. The predicted molar refractivity (Wildman–Crippen MR) is 72.8 cm³/mol. The first-order valence-corrected chi connectivity index (χ1v) is 5.90. The van der Waals surface area contributed by atoms with Gasteiger partial charge in [0.25, 0.3) is 5.69 Å². The number of allylic oxidation sites excluding steroid dienone is 1. The molecule has 0 heterocycles. The van der Waals surface area contributed by atoms with Crippen molar-refractivity contribution in [3.63, 3.8) is 0 Å². The number of hydrogen-bond acceptors (Lipinski definition) is 3. The molecule has 0 bridgehead atoms. The number of carbonyl (C=O) groups is 1. The largest absolute Gasteiger partial charge is 0.289 e. The molecule has 0 aliphatic rings. The van der Waals surface area contributed by atoms with E-state index in [-0.39, 0.29) is 16.8 Å². The van der Waals surface area contributed by atoms with Gasteiger partial charge in [-0.05, 0) is 24.3 Å². The lowest BCUT2D eigenvalue weighted by Crippen LogP contribution is -1.97. The zero-order chi connectivity index (χ0) is 15.4. The Morgan fingerprint density at radius 3 is 2.33 bits per heavy atom. The molecular formula is C15H9F2NO3. The Labute approximate surface area is 118 Å². The molecule has 0 saturated carbocycles. The first-order valence-electron chi connectivity index (χ1n) is 5.90. The Morgan fingerprint density at radius 1 is 1.10 bits per heavy atom. The number of halogens is 2. The van der Waals surface area contributed by atoms with Crippen LogP contribution in [0.2, 0.25) is 0 Å². The third kappa shape index (κ3) is 3.36. The second kappa shape index (κ2) is 6.04.